The lowest BCUT2D eigenvalue weighted by atomic mass is 9.93. The molecule has 3 aromatic carbocycles. The number of carboxylic acids is 1. The summed E-state index contributed by atoms with van der Waals surface area (Å²) in [4.78, 5) is 24.8. The first-order valence-electron chi connectivity index (χ1n) is 13.5. The molecule has 0 bridgehead atoms. The number of hydrogen-bond donors (Lipinski definition) is 3. The Labute approximate surface area is 237 Å². The number of halogens is 1. The molecular formula is C32H41ClN2O4. The van der Waals surface area contributed by atoms with Gasteiger partial charge in [0.1, 0.15) is 6.04 Å². The topological polar surface area (TPSA) is 87.7 Å². The first kappa shape index (κ1) is 32.0. The predicted molar refractivity (Wildman–Crippen MR) is 159 cm³/mol. The van der Waals surface area contributed by atoms with Crippen LogP contribution in [0.1, 0.15) is 73.2 Å². The molecule has 3 N–H and O–H groups in total. The SMILES string of the molecule is CCCC.CNCCC(NC(=O)c1ccc(COC(C)c2cccc(Cl)c2)cc1-c1ccccc1C)C(=O)O. The van der Waals surface area contributed by atoms with Gasteiger partial charge in [0.25, 0.3) is 5.91 Å². The third kappa shape index (κ3) is 10.1. The Balaban J connectivity index is 0.00000124. The van der Waals surface area contributed by atoms with E-state index in [1.54, 1.807) is 13.1 Å². The molecule has 0 aliphatic carbocycles. The summed E-state index contributed by atoms with van der Waals surface area (Å²) in [5.41, 5.74) is 4.95. The van der Waals surface area contributed by atoms with Gasteiger partial charge < -0.3 is 20.5 Å². The number of carbonyl (C=O) groups is 2. The highest BCUT2D eigenvalue weighted by Gasteiger charge is 2.22. The number of benzene rings is 3. The second kappa shape index (κ2) is 16.7. The van der Waals surface area contributed by atoms with Crippen molar-refractivity contribution >= 4 is 23.5 Å². The number of rotatable bonds is 12. The van der Waals surface area contributed by atoms with E-state index in [1.807, 2.05) is 74.5 Å². The van der Waals surface area contributed by atoms with E-state index in [0.717, 1.165) is 27.8 Å². The van der Waals surface area contributed by atoms with Gasteiger partial charge in [-0.25, -0.2) is 4.79 Å². The molecule has 3 aromatic rings. The van der Waals surface area contributed by atoms with Gasteiger partial charge in [0.15, 0.2) is 0 Å². The maximum Gasteiger partial charge on any atom is 0.326 e. The fourth-order valence-electron chi connectivity index (χ4n) is 3.84. The monoisotopic (exact) mass is 552 g/mol. The number of nitrogens with one attached hydrogen (secondary N) is 2. The van der Waals surface area contributed by atoms with E-state index in [1.165, 1.54) is 12.8 Å². The summed E-state index contributed by atoms with van der Waals surface area (Å²) in [7, 11) is 1.74. The molecule has 0 radical (unpaired) electrons. The average Bonchev–Trinajstić information content (AvgIpc) is 2.94. The summed E-state index contributed by atoms with van der Waals surface area (Å²) >= 11 is 6.11. The quantitative estimate of drug-likeness (QED) is 0.221. The number of unbranched alkanes of at least 4 members (excludes halogenated alkanes) is 1. The molecule has 0 fully saturated rings. The lowest BCUT2D eigenvalue weighted by molar-refractivity contribution is -0.139. The van der Waals surface area contributed by atoms with Crippen molar-refractivity contribution in [3.05, 3.63) is 94.0 Å². The van der Waals surface area contributed by atoms with Crippen molar-refractivity contribution in [3.63, 3.8) is 0 Å². The third-order valence-corrected chi connectivity index (χ3v) is 6.60. The van der Waals surface area contributed by atoms with Crippen molar-refractivity contribution in [2.75, 3.05) is 13.6 Å². The van der Waals surface area contributed by atoms with Crippen LogP contribution in [-0.2, 0) is 16.1 Å². The van der Waals surface area contributed by atoms with Crippen molar-refractivity contribution < 1.29 is 19.4 Å². The van der Waals surface area contributed by atoms with Crippen LogP contribution in [0.4, 0.5) is 0 Å². The Bertz CT molecular complexity index is 1210. The summed E-state index contributed by atoms with van der Waals surface area (Å²) in [6.45, 7) is 9.12. The van der Waals surface area contributed by atoms with Crippen LogP contribution in [0.5, 0.6) is 0 Å². The number of hydrogen-bond acceptors (Lipinski definition) is 4. The van der Waals surface area contributed by atoms with E-state index in [0.29, 0.717) is 23.7 Å². The van der Waals surface area contributed by atoms with Gasteiger partial charge in [0.05, 0.1) is 12.7 Å². The molecule has 2 atom stereocenters. The van der Waals surface area contributed by atoms with Crippen molar-refractivity contribution in [1.29, 1.82) is 0 Å². The van der Waals surface area contributed by atoms with Crippen molar-refractivity contribution in [1.82, 2.24) is 10.6 Å². The minimum Gasteiger partial charge on any atom is -0.480 e. The highest BCUT2D eigenvalue weighted by atomic mass is 35.5. The molecule has 0 saturated heterocycles. The normalized spacial score (nSPS) is 12.2. The molecule has 0 aromatic heterocycles. The number of carbonyl (C=O) groups excluding carboxylic acids is 1. The molecule has 0 spiro atoms. The van der Waals surface area contributed by atoms with Crippen LogP contribution in [-0.4, -0.2) is 36.6 Å². The Hall–Kier alpha value is -3.19. The molecule has 0 aliphatic rings. The molecular weight excluding hydrogens is 512 g/mol. The molecule has 7 heteroatoms. The van der Waals surface area contributed by atoms with Crippen LogP contribution < -0.4 is 10.6 Å². The van der Waals surface area contributed by atoms with Gasteiger partial charge in [-0.1, -0.05) is 80.8 Å². The number of aryl methyl sites for hydroxylation is 1. The van der Waals surface area contributed by atoms with E-state index >= 15 is 0 Å². The van der Waals surface area contributed by atoms with E-state index in [4.69, 9.17) is 16.3 Å². The van der Waals surface area contributed by atoms with E-state index in [-0.39, 0.29) is 12.5 Å². The second-order valence-corrected chi connectivity index (χ2v) is 9.90. The zero-order chi connectivity index (χ0) is 28.8. The van der Waals surface area contributed by atoms with Crippen LogP contribution in [0.25, 0.3) is 11.1 Å². The van der Waals surface area contributed by atoms with Gasteiger partial charge in [0.2, 0.25) is 0 Å². The largest absolute Gasteiger partial charge is 0.480 e. The van der Waals surface area contributed by atoms with Gasteiger partial charge in [-0.05, 0) is 85.9 Å². The second-order valence-electron chi connectivity index (χ2n) is 9.46. The Kier molecular flexibility index (Phi) is 13.7. The molecule has 6 nitrogen and oxygen atoms in total. The van der Waals surface area contributed by atoms with Crippen molar-refractivity contribution in [3.8, 4) is 11.1 Å². The summed E-state index contributed by atoms with van der Waals surface area (Å²) in [6.07, 6.45) is 2.76. The fraction of sp³-hybridized carbons (Fsp3) is 0.375. The first-order valence-corrected chi connectivity index (χ1v) is 13.8. The number of carboxylic acid groups (broad SMARTS) is 1. The van der Waals surface area contributed by atoms with Gasteiger partial charge in [-0.2, -0.15) is 0 Å². The Morgan fingerprint density at radius 3 is 2.31 bits per heavy atom. The van der Waals surface area contributed by atoms with Crippen LogP contribution in [0.15, 0.2) is 66.7 Å². The number of ether oxygens (including phenoxy) is 1. The first-order chi connectivity index (χ1) is 18.7. The molecule has 0 heterocycles. The molecule has 2 unspecified atom stereocenters. The lowest BCUT2D eigenvalue weighted by Gasteiger charge is -2.18. The lowest BCUT2D eigenvalue weighted by Crippen LogP contribution is -2.42. The highest BCUT2D eigenvalue weighted by molar-refractivity contribution is 6.30. The summed E-state index contributed by atoms with van der Waals surface area (Å²) in [5.74, 6) is -1.49. The fourth-order valence-corrected chi connectivity index (χ4v) is 4.03. The molecule has 0 aliphatic heterocycles. The minimum absolute atomic E-state index is 0.165. The summed E-state index contributed by atoms with van der Waals surface area (Å²) in [5, 5.41) is 15.8. The van der Waals surface area contributed by atoms with Crippen LogP contribution in [0.3, 0.4) is 0 Å². The van der Waals surface area contributed by atoms with E-state index in [9.17, 15) is 14.7 Å². The molecule has 1 amide bonds. The van der Waals surface area contributed by atoms with Crippen LogP contribution in [0, 0.1) is 6.92 Å². The number of aliphatic carboxylic acids is 1. The predicted octanol–water partition coefficient (Wildman–Crippen LogP) is 7.19. The molecule has 39 heavy (non-hydrogen) atoms. The summed E-state index contributed by atoms with van der Waals surface area (Å²) in [6, 6.07) is 19.9. The Morgan fingerprint density at radius 2 is 1.69 bits per heavy atom. The highest BCUT2D eigenvalue weighted by Crippen LogP contribution is 2.29. The van der Waals surface area contributed by atoms with E-state index in [2.05, 4.69) is 24.5 Å². The van der Waals surface area contributed by atoms with Gasteiger partial charge in [-0.3, -0.25) is 4.79 Å². The van der Waals surface area contributed by atoms with Crippen LogP contribution in [0.2, 0.25) is 5.02 Å². The standard InChI is InChI=1S/C28H31ClN2O4.C4H10/c1-18-7-4-5-10-23(18)25-15-20(17-35-19(2)21-8-6-9-22(29)16-21)11-12-24(25)27(32)31-26(28(33)34)13-14-30-3;1-3-4-2/h4-12,15-16,19,26,30H,13-14,17H2,1-3H3,(H,31,32)(H,33,34);3-4H2,1-2H3. The summed E-state index contributed by atoms with van der Waals surface area (Å²) < 4.78 is 6.09. The van der Waals surface area contributed by atoms with Crippen LogP contribution >= 0.6 is 11.6 Å². The van der Waals surface area contributed by atoms with Crippen molar-refractivity contribution in [2.24, 2.45) is 0 Å². The zero-order valence-electron chi connectivity index (χ0n) is 23.6. The maximum absolute atomic E-state index is 13.2. The smallest absolute Gasteiger partial charge is 0.326 e. The average molecular weight is 553 g/mol. The zero-order valence-corrected chi connectivity index (χ0v) is 24.3. The van der Waals surface area contributed by atoms with Gasteiger partial charge in [0, 0.05) is 10.6 Å². The van der Waals surface area contributed by atoms with Gasteiger partial charge in [-0.15, -0.1) is 0 Å². The minimum atomic E-state index is -1.06. The Morgan fingerprint density at radius 1 is 0.974 bits per heavy atom. The number of amides is 1. The molecule has 210 valence electrons. The maximum atomic E-state index is 13.2. The third-order valence-electron chi connectivity index (χ3n) is 6.37. The molecule has 0 saturated carbocycles. The van der Waals surface area contributed by atoms with Crippen molar-refractivity contribution in [2.45, 2.75) is 65.7 Å². The van der Waals surface area contributed by atoms with E-state index < -0.39 is 17.9 Å². The van der Waals surface area contributed by atoms with Gasteiger partial charge >= 0.3 is 5.97 Å². The molecule has 3 rings (SSSR count).